The third-order valence-electron chi connectivity index (χ3n) is 3.95. The summed E-state index contributed by atoms with van der Waals surface area (Å²) in [5.41, 5.74) is 1.69. The Bertz CT molecular complexity index is 522. The lowest BCUT2D eigenvalue weighted by molar-refractivity contribution is 0.000562. The van der Waals surface area contributed by atoms with Crippen molar-refractivity contribution in [2.24, 2.45) is 0 Å². The number of piperazine rings is 1. The van der Waals surface area contributed by atoms with E-state index in [4.69, 9.17) is 9.84 Å². The first-order chi connectivity index (χ1) is 10.8. The fraction of sp³-hybridized carbons (Fsp3) is 0.611. The van der Waals surface area contributed by atoms with Gasteiger partial charge in [0.15, 0.2) is 0 Å². The Morgan fingerprint density at radius 1 is 1.22 bits per heavy atom. The van der Waals surface area contributed by atoms with Crippen LogP contribution in [-0.4, -0.2) is 52.3 Å². The predicted octanol–water partition coefficient (Wildman–Crippen LogP) is 2.62. The van der Waals surface area contributed by atoms with E-state index < -0.39 is 5.60 Å². The van der Waals surface area contributed by atoms with E-state index in [9.17, 15) is 4.79 Å². The van der Waals surface area contributed by atoms with Crippen LogP contribution in [0.25, 0.3) is 0 Å². The Hall–Kier alpha value is -1.59. The number of rotatable bonds is 3. The minimum absolute atomic E-state index is 0.0753. The maximum absolute atomic E-state index is 12.2. The molecule has 1 heterocycles. The highest BCUT2D eigenvalue weighted by Crippen LogP contribution is 2.17. The van der Waals surface area contributed by atoms with Gasteiger partial charge in [0, 0.05) is 32.2 Å². The third kappa shape index (κ3) is 5.22. The van der Waals surface area contributed by atoms with Crippen molar-refractivity contribution in [2.45, 2.75) is 52.5 Å². The molecule has 1 fully saturated rings. The van der Waals surface area contributed by atoms with Crippen molar-refractivity contribution in [2.75, 3.05) is 19.6 Å². The number of hydrogen-bond donors (Lipinski definition) is 1. The molecule has 1 amide bonds. The number of amides is 1. The minimum Gasteiger partial charge on any atom is -0.444 e. The predicted molar refractivity (Wildman–Crippen MR) is 90.0 cm³/mol. The molecular formula is C18H28N2O3. The molecule has 1 aromatic carbocycles. The largest absolute Gasteiger partial charge is 0.444 e. The number of carbonyl (C=O) groups is 1. The summed E-state index contributed by atoms with van der Waals surface area (Å²) in [6, 6.07) is 8.15. The Kier molecular flexibility index (Phi) is 5.65. The first-order valence-corrected chi connectivity index (χ1v) is 8.19. The molecule has 128 valence electrons. The maximum Gasteiger partial charge on any atom is 0.410 e. The van der Waals surface area contributed by atoms with E-state index in [-0.39, 0.29) is 18.7 Å². The lowest BCUT2D eigenvalue weighted by atomic mass is 10.1. The summed E-state index contributed by atoms with van der Waals surface area (Å²) in [5.74, 6) is 0. The van der Waals surface area contributed by atoms with Crippen LogP contribution in [0.4, 0.5) is 4.79 Å². The lowest BCUT2D eigenvalue weighted by Gasteiger charge is -2.40. The fourth-order valence-corrected chi connectivity index (χ4v) is 2.78. The van der Waals surface area contributed by atoms with Gasteiger partial charge in [-0.1, -0.05) is 24.3 Å². The van der Waals surface area contributed by atoms with E-state index >= 15 is 0 Å². The molecule has 1 aliphatic rings. The Labute approximate surface area is 138 Å². The number of aliphatic hydroxyl groups is 1. The number of carbonyl (C=O) groups excluding carboxylic acids is 1. The maximum atomic E-state index is 12.2. The van der Waals surface area contributed by atoms with Crippen LogP contribution >= 0.6 is 0 Å². The van der Waals surface area contributed by atoms with Crippen molar-refractivity contribution in [1.82, 2.24) is 9.80 Å². The minimum atomic E-state index is -0.456. The van der Waals surface area contributed by atoms with Crippen LogP contribution in [0, 0.1) is 0 Å². The summed E-state index contributed by atoms with van der Waals surface area (Å²) in [5, 5.41) is 9.09. The van der Waals surface area contributed by atoms with Crippen LogP contribution in [0.15, 0.2) is 24.3 Å². The van der Waals surface area contributed by atoms with E-state index in [1.54, 1.807) is 0 Å². The molecule has 0 aromatic heterocycles. The molecule has 1 aromatic rings. The molecule has 0 bridgehead atoms. The first kappa shape index (κ1) is 17.8. The molecule has 0 aliphatic carbocycles. The number of hydrogen-bond acceptors (Lipinski definition) is 4. The molecule has 0 spiro atoms. The van der Waals surface area contributed by atoms with Crippen LogP contribution in [0.5, 0.6) is 0 Å². The highest BCUT2D eigenvalue weighted by atomic mass is 16.6. The molecule has 1 aliphatic heterocycles. The van der Waals surface area contributed by atoms with E-state index in [1.165, 1.54) is 5.56 Å². The van der Waals surface area contributed by atoms with Gasteiger partial charge in [-0.2, -0.15) is 0 Å². The van der Waals surface area contributed by atoms with Crippen LogP contribution in [-0.2, 0) is 17.9 Å². The molecule has 2 rings (SSSR count). The highest BCUT2D eigenvalue weighted by Gasteiger charge is 2.30. The molecule has 0 radical (unpaired) electrons. The van der Waals surface area contributed by atoms with Gasteiger partial charge in [-0.3, -0.25) is 4.90 Å². The van der Waals surface area contributed by atoms with Crippen LogP contribution in [0.2, 0.25) is 0 Å². The molecule has 1 saturated heterocycles. The van der Waals surface area contributed by atoms with E-state index in [1.807, 2.05) is 37.8 Å². The second-order valence-electron chi connectivity index (χ2n) is 7.23. The zero-order valence-electron chi connectivity index (χ0n) is 14.6. The number of benzene rings is 1. The van der Waals surface area contributed by atoms with Crippen LogP contribution in [0.3, 0.4) is 0 Å². The smallest absolute Gasteiger partial charge is 0.410 e. The molecule has 0 unspecified atom stereocenters. The van der Waals surface area contributed by atoms with Gasteiger partial charge in [-0.25, -0.2) is 4.79 Å². The third-order valence-corrected chi connectivity index (χ3v) is 3.95. The van der Waals surface area contributed by atoms with Gasteiger partial charge in [0.2, 0.25) is 0 Å². The second-order valence-corrected chi connectivity index (χ2v) is 7.23. The number of nitrogens with zero attached hydrogens (tertiary/aromatic N) is 2. The van der Waals surface area contributed by atoms with Gasteiger partial charge >= 0.3 is 6.09 Å². The van der Waals surface area contributed by atoms with E-state index in [2.05, 4.69) is 24.0 Å². The average molecular weight is 320 g/mol. The van der Waals surface area contributed by atoms with Gasteiger partial charge in [0.1, 0.15) is 5.60 Å². The van der Waals surface area contributed by atoms with Crippen LogP contribution < -0.4 is 0 Å². The second kappa shape index (κ2) is 7.32. The zero-order chi connectivity index (χ0) is 17.0. The Balaban J connectivity index is 1.89. The van der Waals surface area contributed by atoms with Crippen molar-refractivity contribution in [1.29, 1.82) is 0 Å². The molecule has 1 atom stereocenters. The SMILES string of the molecule is C[C@H]1CN(Cc2ccc(CO)cc2)CCN1C(=O)OC(C)(C)C. The summed E-state index contributed by atoms with van der Waals surface area (Å²) in [6.07, 6.45) is -0.225. The number of aliphatic hydroxyl groups excluding tert-OH is 1. The molecule has 1 N–H and O–H groups in total. The van der Waals surface area contributed by atoms with Crippen molar-refractivity contribution in [3.8, 4) is 0 Å². The normalized spacial score (nSPS) is 19.7. The summed E-state index contributed by atoms with van der Waals surface area (Å²) in [4.78, 5) is 16.4. The topological polar surface area (TPSA) is 53.0 Å². The van der Waals surface area contributed by atoms with Gasteiger partial charge in [-0.15, -0.1) is 0 Å². The van der Waals surface area contributed by atoms with Gasteiger partial charge in [-0.05, 0) is 38.8 Å². The molecular weight excluding hydrogens is 292 g/mol. The average Bonchev–Trinajstić information content (AvgIpc) is 2.46. The lowest BCUT2D eigenvalue weighted by Crippen LogP contribution is -2.54. The van der Waals surface area contributed by atoms with E-state index in [0.29, 0.717) is 6.54 Å². The first-order valence-electron chi connectivity index (χ1n) is 8.19. The van der Waals surface area contributed by atoms with Crippen molar-refractivity contribution >= 4 is 6.09 Å². The summed E-state index contributed by atoms with van der Waals surface area (Å²) < 4.78 is 5.47. The Morgan fingerprint density at radius 3 is 2.35 bits per heavy atom. The highest BCUT2D eigenvalue weighted by molar-refractivity contribution is 5.68. The molecule has 5 heteroatoms. The molecule has 5 nitrogen and oxygen atoms in total. The molecule has 23 heavy (non-hydrogen) atoms. The number of ether oxygens (including phenoxy) is 1. The van der Waals surface area contributed by atoms with Crippen molar-refractivity contribution < 1.29 is 14.6 Å². The quantitative estimate of drug-likeness (QED) is 0.930. The zero-order valence-corrected chi connectivity index (χ0v) is 14.6. The Morgan fingerprint density at radius 2 is 1.83 bits per heavy atom. The van der Waals surface area contributed by atoms with Gasteiger partial charge in [0.05, 0.1) is 6.61 Å². The van der Waals surface area contributed by atoms with Crippen molar-refractivity contribution in [3.63, 3.8) is 0 Å². The standard InChI is InChI=1S/C18H28N2O3/c1-14-11-19(12-15-5-7-16(13-21)8-6-15)9-10-20(14)17(22)23-18(2,3)4/h5-8,14,21H,9-13H2,1-4H3/t14-/m0/s1. The van der Waals surface area contributed by atoms with Gasteiger partial charge in [0.25, 0.3) is 0 Å². The summed E-state index contributed by atoms with van der Waals surface area (Å²) in [7, 11) is 0. The summed E-state index contributed by atoms with van der Waals surface area (Å²) >= 11 is 0. The fourth-order valence-electron chi connectivity index (χ4n) is 2.78. The summed E-state index contributed by atoms with van der Waals surface area (Å²) in [6.45, 7) is 11.0. The van der Waals surface area contributed by atoms with Crippen molar-refractivity contribution in [3.05, 3.63) is 35.4 Å². The van der Waals surface area contributed by atoms with Crippen LogP contribution in [0.1, 0.15) is 38.8 Å². The van der Waals surface area contributed by atoms with Gasteiger partial charge < -0.3 is 14.7 Å². The van der Waals surface area contributed by atoms with E-state index in [0.717, 1.165) is 25.2 Å². The monoisotopic (exact) mass is 320 g/mol. The molecule has 0 saturated carbocycles.